The smallest absolute Gasteiger partial charge is 0.250 e. The van der Waals surface area contributed by atoms with Crippen LogP contribution in [0.4, 0.5) is 0 Å². The highest BCUT2D eigenvalue weighted by Crippen LogP contribution is 2.21. The molecule has 2 aromatic rings. The summed E-state index contributed by atoms with van der Waals surface area (Å²) in [6.45, 7) is 1.57. The highest BCUT2D eigenvalue weighted by atomic mass is 32.2. The molecule has 0 bridgehead atoms. The zero-order valence-corrected chi connectivity index (χ0v) is 11.2. The van der Waals surface area contributed by atoms with E-state index in [-0.39, 0.29) is 17.4 Å². The molecule has 0 aliphatic rings. The topological polar surface area (TPSA) is 92.4 Å². The Morgan fingerprint density at radius 1 is 1.50 bits per heavy atom. The first kappa shape index (κ1) is 13.2. The molecule has 2 heterocycles. The number of oxazole rings is 1. The predicted octanol–water partition coefficient (Wildman–Crippen LogP) is 1.02. The molecule has 0 aliphatic heterocycles. The fraction of sp³-hybridized carbons (Fsp3) is 0.300. The first-order valence-electron chi connectivity index (χ1n) is 5.12. The van der Waals surface area contributed by atoms with Crippen molar-refractivity contribution in [1.29, 1.82) is 0 Å². The Hall–Kier alpha value is -1.22. The number of aryl methyl sites for hydroxylation is 1. The van der Waals surface area contributed by atoms with Gasteiger partial charge in [0.15, 0.2) is 0 Å². The van der Waals surface area contributed by atoms with Gasteiger partial charge < -0.3 is 9.52 Å². The molecule has 0 amide bonds. The maximum atomic E-state index is 11.9. The third-order valence-electron chi connectivity index (χ3n) is 2.14. The first-order chi connectivity index (χ1) is 8.51. The molecule has 0 aliphatic carbocycles. The second kappa shape index (κ2) is 5.19. The van der Waals surface area contributed by atoms with Gasteiger partial charge in [0.25, 0.3) is 10.0 Å². The average molecular weight is 288 g/mol. The maximum absolute atomic E-state index is 11.9. The maximum Gasteiger partial charge on any atom is 0.250 e. The van der Waals surface area contributed by atoms with Gasteiger partial charge in [-0.15, -0.1) is 11.3 Å². The molecule has 0 unspecified atom stereocenters. The molecule has 0 saturated heterocycles. The molecular formula is C10H12N2O4S2. The van der Waals surface area contributed by atoms with E-state index in [1.54, 1.807) is 13.0 Å². The Morgan fingerprint density at radius 2 is 2.28 bits per heavy atom. The largest absolute Gasteiger partial charge is 0.445 e. The third-order valence-corrected chi connectivity index (χ3v) is 5.10. The van der Waals surface area contributed by atoms with Gasteiger partial charge in [-0.3, -0.25) is 0 Å². The molecule has 0 fully saturated rings. The molecule has 0 aromatic carbocycles. The summed E-state index contributed by atoms with van der Waals surface area (Å²) in [5.41, 5.74) is 0. The summed E-state index contributed by atoms with van der Waals surface area (Å²) in [6.07, 6.45) is 1.53. The van der Waals surface area contributed by atoms with Crippen molar-refractivity contribution in [2.24, 2.45) is 0 Å². The summed E-state index contributed by atoms with van der Waals surface area (Å²) in [6, 6.07) is 3.04. The van der Waals surface area contributed by atoms with E-state index >= 15 is 0 Å². The summed E-state index contributed by atoms with van der Waals surface area (Å²) >= 11 is 1.03. The number of nitrogens with one attached hydrogen (secondary N) is 1. The molecule has 0 saturated carbocycles. The predicted molar refractivity (Wildman–Crippen MR) is 65.5 cm³/mol. The van der Waals surface area contributed by atoms with Gasteiger partial charge in [0.1, 0.15) is 9.97 Å². The van der Waals surface area contributed by atoms with Crippen molar-refractivity contribution in [2.45, 2.75) is 24.3 Å². The van der Waals surface area contributed by atoms with E-state index in [0.29, 0.717) is 16.5 Å². The van der Waals surface area contributed by atoms with E-state index in [1.165, 1.54) is 12.3 Å². The van der Waals surface area contributed by atoms with Crippen LogP contribution in [0.1, 0.15) is 16.5 Å². The summed E-state index contributed by atoms with van der Waals surface area (Å²) in [5.74, 6) is 0.943. The second-order valence-electron chi connectivity index (χ2n) is 3.57. The standard InChI is InChI=1S/C10H12N2O4S2/c1-7-4-11-9(16-7)5-12-18(14,15)10-3-2-8(6-13)17-10/h2-4,12-13H,5-6H2,1H3. The number of hydrogen-bond donors (Lipinski definition) is 2. The van der Waals surface area contributed by atoms with E-state index in [9.17, 15) is 8.42 Å². The lowest BCUT2D eigenvalue weighted by atomic mass is 10.5. The summed E-state index contributed by atoms with van der Waals surface area (Å²) < 4.78 is 31.5. The quantitative estimate of drug-likeness (QED) is 0.856. The lowest BCUT2D eigenvalue weighted by Crippen LogP contribution is -2.22. The Balaban J connectivity index is 2.07. The zero-order chi connectivity index (χ0) is 13.2. The SMILES string of the molecule is Cc1cnc(CNS(=O)(=O)c2ccc(CO)s2)o1. The highest BCUT2D eigenvalue weighted by Gasteiger charge is 2.17. The van der Waals surface area contributed by atoms with Crippen molar-refractivity contribution in [1.82, 2.24) is 9.71 Å². The molecule has 8 heteroatoms. The number of aromatic nitrogens is 1. The van der Waals surface area contributed by atoms with Crippen LogP contribution < -0.4 is 4.72 Å². The second-order valence-corrected chi connectivity index (χ2v) is 6.73. The molecule has 18 heavy (non-hydrogen) atoms. The van der Waals surface area contributed by atoms with Crippen LogP contribution in [0.5, 0.6) is 0 Å². The van der Waals surface area contributed by atoms with Gasteiger partial charge in [-0.05, 0) is 19.1 Å². The van der Waals surface area contributed by atoms with Crippen LogP contribution >= 0.6 is 11.3 Å². The monoisotopic (exact) mass is 288 g/mol. The highest BCUT2D eigenvalue weighted by molar-refractivity contribution is 7.91. The Labute approximate surface area is 108 Å². The molecule has 0 spiro atoms. The van der Waals surface area contributed by atoms with Crippen LogP contribution in [0.3, 0.4) is 0 Å². The van der Waals surface area contributed by atoms with Crippen molar-refractivity contribution >= 4 is 21.4 Å². The van der Waals surface area contributed by atoms with Crippen LogP contribution in [0.25, 0.3) is 0 Å². The van der Waals surface area contributed by atoms with E-state index in [2.05, 4.69) is 9.71 Å². The number of aliphatic hydroxyl groups excluding tert-OH is 1. The first-order valence-corrected chi connectivity index (χ1v) is 7.42. The summed E-state index contributed by atoms with van der Waals surface area (Å²) in [5, 5.41) is 8.90. The van der Waals surface area contributed by atoms with Gasteiger partial charge in [0, 0.05) is 4.88 Å². The van der Waals surface area contributed by atoms with Gasteiger partial charge in [0.05, 0.1) is 19.3 Å². The number of rotatable bonds is 5. The molecule has 0 atom stereocenters. The molecule has 0 radical (unpaired) electrons. The molecule has 98 valence electrons. The number of nitrogens with zero attached hydrogens (tertiary/aromatic N) is 1. The van der Waals surface area contributed by atoms with Gasteiger partial charge >= 0.3 is 0 Å². The van der Waals surface area contributed by atoms with Crippen molar-refractivity contribution in [3.05, 3.63) is 34.9 Å². The minimum absolute atomic E-state index is 0.00251. The van der Waals surface area contributed by atoms with Gasteiger partial charge in [-0.1, -0.05) is 0 Å². The normalized spacial score (nSPS) is 11.9. The van der Waals surface area contributed by atoms with Crippen molar-refractivity contribution in [3.8, 4) is 0 Å². The van der Waals surface area contributed by atoms with Gasteiger partial charge in [-0.2, -0.15) is 0 Å². The fourth-order valence-electron chi connectivity index (χ4n) is 1.30. The van der Waals surface area contributed by atoms with Crippen molar-refractivity contribution in [3.63, 3.8) is 0 Å². The van der Waals surface area contributed by atoms with E-state index < -0.39 is 10.0 Å². The van der Waals surface area contributed by atoms with Crippen LogP contribution in [0.15, 0.2) is 27.0 Å². The van der Waals surface area contributed by atoms with Crippen LogP contribution in [0, 0.1) is 6.92 Å². The Kier molecular flexibility index (Phi) is 3.81. The number of aliphatic hydroxyl groups is 1. The number of hydrogen-bond acceptors (Lipinski definition) is 6. The van der Waals surface area contributed by atoms with Gasteiger partial charge in [0.2, 0.25) is 5.89 Å². The van der Waals surface area contributed by atoms with Crippen molar-refractivity contribution < 1.29 is 17.9 Å². The molecule has 2 aromatic heterocycles. The molecular weight excluding hydrogens is 276 g/mol. The Bertz CT molecular complexity index is 630. The summed E-state index contributed by atoms with van der Waals surface area (Å²) in [4.78, 5) is 4.50. The van der Waals surface area contributed by atoms with E-state index in [4.69, 9.17) is 9.52 Å². The third kappa shape index (κ3) is 2.96. The minimum atomic E-state index is -3.58. The number of sulfonamides is 1. The van der Waals surface area contributed by atoms with E-state index in [1.807, 2.05) is 0 Å². The zero-order valence-electron chi connectivity index (χ0n) is 9.58. The van der Waals surface area contributed by atoms with Gasteiger partial charge in [-0.25, -0.2) is 18.1 Å². The fourth-order valence-corrected chi connectivity index (χ4v) is 3.53. The number of thiophene rings is 1. The summed E-state index contributed by atoms with van der Waals surface area (Å²) in [7, 11) is -3.58. The average Bonchev–Trinajstić information content (AvgIpc) is 2.95. The van der Waals surface area contributed by atoms with Crippen LogP contribution in [-0.4, -0.2) is 18.5 Å². The Morgan fingerprint density at radius 3 is 2.83 bits per heavy atom. The molecule has 6 nitrogen and oxygen atoms in total. The van der Waals surface area contributed by atoms with Crippen LogP contribution in [0.2, 0.25) is 0 Å². The van der Waals surface area contributed by atoms with E-state index in [0.717, 1.165) is 11.3 Å². The molecule has 2 rings (SSSR count). The van der Waals surface area contributed by atoms with Crippen molar-refractivity contribution in [2.75, 3.05) is 0 Å². The lowest BCUT2D eigenvalue weighted by Gasteiger charge is -2.01. The van der Waals surface area contributed by atoms with Crippen LogP contribution in [-0.2, 0) is 23.2 Å². The minimum Gasteiger partial charge on any atom is -0.445 e. The molecule has 2 N–H and O–H groups in total. The lowest BCUT2D eigenvalue weighted by molar-refractivity contribution is 0.285.